The van der Waals surface area contributed by atoms with Crippen LogP contribution in [-0.2, 0) is 0 Å². The lowest BCUT2D eigenvalue weighted by Crippen LogP contribution is -2.30. The maximum Gasteiger partial charge on any atom is 0.185 e. The minimum absolute atomic E-state index is 0.220. The number of aliphatic hydroxyl groups excluding tert-OH is 1. The molecule has 1 aliphatic carbocycles. The van der Waals surface area contributed by atoms with Gasteiger partial charge in [0, 0.05) is 12.5 Å². The van der Waals surface area contributed by atoms with Gasteiger partial charge in [-0.1, -0.05) is 35.8 Å². The highest BCUT2D eigenvalue weighted by atomic mass is 35.5. The van der Waals surface area contributed by atoms with E-state index in [2.05, 4.69) is 10.3 Å². The number of nitrogens with zero attached hydrogens (tertiary/aromatic N) is 2. The van der Waals surface area contributed by atoms with E-state index < -0.39 is 0 Å². The Morgan fingerprint density at radius 3 is 2.94 bits per heavy atom. The lowest BCUT2D eigenvalue weighted by molar-refractivity contribution is 0.0763. The van der Waals surface area contributed by atoms with Crippen LogP contribution < -0.4 is 5.32 Å². The van der Waals surface area contributed by atoms with Crippen molar-refractivity contribution in [3.8, 4) is 6.07 Å². The van der Waals surface area contributed by atoms with Crippen molar-refractivity contribution in [3.05, 3.63) is 10.0 Å². The predicted octanol–water partition coefficient (Wildman–Crippen LogP) is 2.63. The first-order valence-corrected chi connectivity index (χ1v) is 6.88. The Labute approximate surface area is 109 Å². The van der Waals surface area contributed by atoms with Crippen molar-refractivity contribution in [3.63, 3.8) is 0 Å². The van der Waals surface area contributed by atoms with Crippen molar-refractivity contribution in [2.75, 3.05) is 11.9 Å². The lowest BCUT2D eigenvalue weighted by atomic mass is 9.86. The van der Waals surface area contributed by atoms with E-state index >= 15 is 0 Å². The zero-order valence-corrected chi connectivity index (χ0v) is 10.9. The SMILES string of the molecule is N#Cc1sc(NCC2CCCCC2O)nc1Cl. The number of anilines is 1. The van der Waals surface area contributed by atoms with Crippen LogP contribution in [0.15, 0.2) is 0 Å². The van der Waals surface area contributed by atoms with E-state index in [0.717, 1.165) is 19.3 Å². The molecule has 1 saturated carbocycles. The van der Waals surface area contributed by atoms with E-state index in [0.29, 0.717) is 16.6 Å². The highest BCUT2D eigenvalue weighted by Crippen LogP contribution is 2.28. The van der Waals surface area contributed by atoms with Gasteiger partial charge >= 0.3 is 0 Å². The minimum atomic E-state index is -0.220. The van der Waals surface area contributed by atoms with E-state index in [-0.39, 0.29) is 17.2 Å². The first-order valence-electron chi connectivity index (χ1n) is 5.69. The molecule has 1 aromatic rings. The second kappa shape index (κ2) is 5.67. The van der Waals surface area contributed by atoms with Crippen molar-refractivity contribution < 1.29 is 5.11 Å². The van der Waals surface area contributed by atoms with Gasteiger partial charge in [-0.2, -0.15) is 5.26 Å². The summed E-state index contributed by atoms with van der Waals surface area (Å²) in [7, 11) is 0. The summed E-state index contributed by atoms with van der Waals surface area (Å²) in [6.45, 7) is 0.690. The molecule has 0 spiro atoms. The summed E-state index contributed by atoms with van der Waals surface area (Å²) in [4.78, 5) is 4.49. The summed E-state index contributed by atoms with van der Waals surface area (Å²) in [5.41, 5.74) is 0. The molecule has 2 N–H and O–H groups in total. The maximum absolute atomic E-state index is 9.82. The summed E-state index contributed by atoms with van der Waals surface area (Å²) in [6.07, 6.45) is 3.99. The third-order valence-corrected chi connectivity index (χ3v) is 4.38. The van der Waals surface area contributed by atoms with Crippen LogP contribution >= 0.6 is 22.9 Å². The predicted molar refractivity (Wildman–Crippen MR) is 68.3 cm³/mol. The average molecular weight is 272 g/mol. The molecule has 1 aliphatic rings. The van der Waals surface area contributed by atoms with Crippen LogP contribution in [0.2, 0.25) is 5.15 Å². The van der Waals surface area contributed by atoms with Crippen LogP contribution in [-0.4, -0.2) is 22.7 Å². The number of nitriles is 1. The largest absolute Gasteiger partial charge is 0.393 e. The summed E-state index contributed by atoms with van der Waals surface area (Å²) in [6, 6.07) is 2.00. The summed E-state index contributed by atoms with van der Waals surface area (Å²) < 4.78 is 0. The Balaban J connectivity index is 1.90. The zero-order valence-electron chi connectivity index (χ0n) is 9.32. The van der Waals surface area contributed by atoms with Gasteiger partial charge < -0.3 is 10.4 Å². The van der Waals surface area contributed by atoms with Gasteiger partial charge in [0.1, 0.15) is 10.9 Å². The van der Waals surface area contributed by atoms with Gasteiger partial charge in [-0.05, 0) is 12.8 Å². The van der Waals surface area contributed by atoms with Gasteiger partial charge in [0.25, 0.3) is 0 Å². The molecule has 2 unspecified atom stereocenters. The fraction of sp³-hybridized carbons (Fsp3) is 0.636. The van der Waals surface area contributed by atoms with Gasteiger partial charge in [0.15, 0.2) is 10.3 Å². The number of thiazole rings is 1. The van der Waals surface area contributed by atoms with E-state index in [4.69, 9.17) is 16.9 Å². The first-order chi connectivity index (χ1) is 8.20. The number of hydrogen-bond acceptors (Lipinski definition) is 5. The highest BCUT2D eigenvalue weighted by Gasteiger charge is 2.23. The Bertz CT molecular complexity index is 429. The molecular formula is C11H14ClN3OS. The number of halogens is 1. The van der Waals surface area contributed by atoms with E-state index in [9.17, 15) is 5.11 Å². The van der Waals surface area contributed by atoms with Crippen LogP contribution in [0.25, 0.3) is 0 Å². The zero-order chi connectivity index (χ0) is 12.3. The number of aliphatic hydroxyl groups is 1. The second-order valence-electron chi connectivity index (χ2n) is 4.24. The summed E-state index contributed by atoms with van der Waals surface area (Å²) in [5, 5.41) is 22.6. The van der Waals surface area contributed by atoms with Crippen LogP contribution in [0.4, 0.5) is 5.13 Å². The van der Waals surface area contributed by atoms with Gasteiger partial charge in [-0.25, -0.2) is 4.98 Å². The van der Waals surface area contributed by atoms with Gasteiger partial charge in [0.05, 0.1) is 6.10 Å². The van der Waals surface area contributed by atoms with Crippen LogP contribution in [0.1, 0.15) is 30.6 Å². The molecule has 92 valence electrons. The molecular weight excluding hydrogens is 258 g/mol. The molecule has 0 saturated heterocycles. The summed E-state index contributed by atoms with van der Waals surface area (Å²) in [5.74, 6) is 0.275. The normalized spacial score (nSPS) is 24.3. The first kappa shape index (κ1) is 12.6. The Morgan fingerprint density at radius 1 is 1.53 bits per heavy atom. The van der Waals surface area contributed by atoms with Gasteiger partial charge in [-0.3, -0.25) is 0 Å². The standard InChI is InChI=1S/C11H14ClN3OS/c12-10-9(5-13)17-11(15-10)14-6-7-3-1-2-4-8(7)16/h7-8,16H,1-4,6H2,(H,14,15). The molecule has 1 heterocycles. The Hall–Kier alpha value is -0.830. The van der Waals surface area contributed by atoms with E-state index in [1.54, 1.807) is 0 Å². The van der Waals surface area contributed by atoms with Crippen LogP contribution in [0, 0.1) is 17.2 Å². The Kier molecular flexibility index (Phi) is 4.21. The fourth-order valence-corrected chi connectivity index (χ4v) is 3.04. The van der Waals surface area contributed by atoms with Crippen LogP contribution in [0.5, 0.6) is 0 Å². The second-order valence-corrected chi connectivity index (χ2v) is 5.60. The van der Waals surface area contributed by atoms with Gasteiger partial charge in [0.2, 0.25) is 0 Å². The molecule has 0 aromatic carbocycles. The van der Waals surface area contributed by atoms with Crippen molar-refractivity contribution >= 4 is 28.1 Å². The monoisotopic (exact) mass is 271 g/mol. The number of rotatable bonds is 3. The number of hydrogen-bond donors (Lipinski definition) is 2. The Morgan fingerprint density at radius 2 is 2.29 bits per heavy atom. The third kappa shape index (κ3) is 3.09. The highest BCUT2D eigenvalue weighted by molar-refractivity contribution is 7.16. The number of nitrogens with one attached hydrogen (secondary N) is 1. The smallest absolute Gasteiger partial charge is 0.185 e. The third-order valence-electron chi connectivity index (χ3n) is 3.07. The molecule has 0 radical (unpaired) electrons. The van der Waals surface area contributed by atoms with Crippen molar-refractivity contribution in [1.82, 2.24) is 4.98 Å². The molecule has 0 amide bonds. The molecule has 1 fully saturated rings. The minimum Gasteiger partial charge on any atom is -0.393 e. The van der Waals surface area contributed by atoms with Crippen molar-refractivity contribution in [1.29, 1.82) is 5.26 Å². The molecule has 2 atom stereocenters. The van der Waals surface area contributed by atoms with Crippen molar-refractivity contribution in [2.45, 2.75) is 31.8 Å². The van der Waals surface area contributed by atoms with Crippen LogP contribution in [0.3, 0.4) is 0 Å². The van der Waals surface area contributed by atoms with Crippen molar-refractivity contribution in [2.24, 2.45) is 5.92 Å². The molecule has 6 heteroatoms. The molecule has 17 heavy (non-hydrogen) atoms. The fourth-order valence-electron chi connectivity index (χ4n) is 2.09. The lowest BCUT2D eigenvalue weighted by Gasteiger charge is -2.27. The molecule has 2 rings (SSSR count). The van der Waals surface area contributed by atoms with E-state index in [1.807, 2.05) is 6.07 Å². The van der Waals surface area contributed by atoms with Gasteiger partial charge in [-0.15, -0.1) is 0 Å². The molecule has 1 aromatic heterocycles. The molecule has 4 nitrogen and oxygen atoms in total. The molecule has 0 aliphatic heterocycles. The summed E-state index contributed by atoms with van der Waals surface area (Å²) >= 11 is 7.04. The maximum atomic E-state index is 9.82. The topological polar surface area (TPSA) is 68.9 Å². The number of aromatic nitrogens is 1. The molecule has 0 bridgehead atoms. The average Bonchev–Trinajstić information content (AvgIpc) is 2.69. The van der Waals surface area contributed by atoms with E-state index in [1.165, 1.54) is 17.8 Å². The quantitative estimate of drug-likeness (QED) is 0.887.